The van der Waals surface area contributed by atoms with Crippen LogP contribution in [0.2, 0.25) is 0 Å². The monoisotopic (exact) mass is 235 g/mol. The molecular formula is C15H22FN. The predicted octanol–water partition coefficient (Wildman–Crippen LogP) is 3.71. The van der Waals surface area contributed by atoms with Gasteiger partial charge in [0.1, 0.15) is 5.67 Å². The number of hydrogen-bond donors (Lipinski definition) is 1. The van der Waals surface area contributed by atoms with Gasteiger partial charge in [0.25, 0.3) is 0 Å². The van der Waals surface area contributed by atoms with Gasteiger partial charge in [-0.2, -0.15) is 0 Å². The van der Waals surface area contributed by atoms with Gasteiger partial charge in [-0.1, -0.05) is 37.1 Å². The van der Waals surface area contributed by atoms with Crippen molar-refractivity contribution in [3.63, 3.8) is 0 Å². The lowest BCUT2D eigenvalue weighted by Gasteiger charge is -2.32. The second-order valence-corrected chi connectivity index (χ2v) is 5.25. The maximum absolute atomic E-state index is 15.1. The summed E-state index contributed by atoms with van der Waals surface area (Å²) in [7, 11) is 0. The Morgan fingerprint density at radius 3 is 2.76 bits per heavy atom. The molecule has 0 saturated carbocycles. The fourth-order valence-corrected chi connectivity index (χ4v) is 2.80. The predicted molar refractivity (Wildman–Crippen MR) is 69.9 cm³/mol. The van der Waals surface area contributed by atoms with E-state index in [1.165, 1.54) is 12.8 Å². The van der Waals surface area contributed by atoms with Crippen LogP contribution in [-0.4, -0.2) is 12.6 Å². The Kier molecular flexibility index (Phi) is 3.82. The fraction of sp³-hybridized carbons (Fsp3) is 0.600. The van der Waals surface area contributed by atoms with E-state index in [0.29, 0.717) is 0 Å². The van der Waals surface area contributed by atoms with Crippen molar-refractivity contribution in [1.82, 2.24) is 5.32 Å². The highest BCUT2D eigenvalue weighted by Gasteiger charge is 2.36. The molecule has 1 saturated heterocycles. The van der Waals surface area contributed by atoms with Crippen LogP contribution in [0.25, 0.3) is 0 Å². The third-order valence-corrected chi connectivity index (χ3v) is 3.89. The first-order valence-electron chi connectivity index (χ1n) is 6.61. The van der Waals surface area contributed by atoms with Crippen molar-refractivity contribution < 1.29 is 4.39 Å². The normalized spacial score (nSPS) is 25.0. The van der Waals surface area contributed by atoms with E-state index in [4.69, 9.17) is 0 Å². The van der Waals surface area contributed by atoms with Crippen LogP contribution in [0.1, 0.15) is 43.7 Å². The zero-order valence-electron chi connectivity index (χ0n) is 10.8. The van der Waals surface area contributed by atoms with Crippen LogP contribution < -0.4 is 5.32 Å². The lowest BCUT2D eigenvalue weighted by atomic mass is 9.85. The summed E-state index contributed by atoms with van der Waals surface area (Å²) in [6, 6.07) is 7.75. The van der Waals surface area contributed by atoms with Crippen LogP contribution >= 0.6 is 0 Å². The number of benzene rings is 1. The Bertz CT molecular complexity index is 365. The molecule has 0 aromatic heterocycles. The molecule has 1 aromatic rings. The van der Waals surface area contributed by atoms with Gasteiger partial charge in [0.2, 0.25) is 0 Å². The first-order chi connectivity index (χ1) is 8.12. The van der Waals surface area contributed by atoms with Crippen LogP contribution in [0.15, 0.2) is 24.3 Å². The summed E-state index contributed by atoms with van der Waals surface area (Å²) in [4.78, 5) is 0. The molecular weight excluding hydrogens is 213 g/mol. The van der Waals surface area contributed by atoms with E-state index in [9.17, 15) is 0 Å². The van der Waals surface area contributed by atoms with Gasteiger partial charge in [0.05, 0.1) is 0 Å². The van der Waals surface area contributed by atoms with Crippen molar-refractivity contribution >= 4 is 0 Å². The lowest BCUT2D eigenvalue weighted by Crippen LogP contribution is -2.43. The van der Waals surface area contributed by atoms with Crippen molar-refractivity contribution in [2.45, 2.75) is 51.2 Å². The minimum absolute atomic E-state index is 0.0499. The molecule has 1 heterocycles. The van der Waals surface area contributed by atoms with Crippen LogP contribution in [0.4, 0.5) is 4.39 Å². The van der Waals surface area contributed by atoms with Gasteiger partial charge < -0.3 is 5.32 Å². The first kappa shape index (κ1) is 12.6. The third-order valence-electron chi connectivity index (χ3n) is 3.89. The highest BCUT2D eigenvalue weighted by Crippen LogP contribution is 2.34. The van der Waals surface area contributed by atoms with Gasteiger partial charge >= 0.3 is 0 Å². The minimum Gasteiger partial charge on any atom is -0.311 e. The van der Waals surface area contributed by atoms with Crippen LogP contribution in [0.3, 0.4) is 0 Å². The summed E-state index contributed by atoms with van der Waals surface area (Å²) in [6.07, 6.45) is 4.44. The zero-order valence-corrected chi connectivity index (χ0v) is 10.8. The summed E-state index contributed by atoms with van der Waals surface area (Å²) < 4.78 is 15.1. The smallest absolute Gasteiger partial charge is 0.148 e. The Hall–Kier alpha value is -0.890. The van der Waals surface area contributed by atoms with Crippen molar-refractivity contribution in [3.05, 3.63) is 35.4 Å². The second kappa shape index (κ2) is 5.18. The zero-order chi connectivity index (χ0) is 12.3. The molecule has 2 heteroatoms. The average Bonchev–Trinajstić information content (AvgIpc) is 2.58. The Balaban J connectivity index is 2.25. The Labute approximate surface area is 103 Å². The van der Waals surface area contributed by atoms with Crippen molar-refractivity contribution in [3.8, 4) is 0 Å². The van der Waals surface area contributed by atoms with E-state index in [2.05, 4.69) is 5.32 Å². The van der Waals surface area contributed by atoms with Crippen molar-refractivity contribution in [1.29, 1.82) is 0 Å². The van der Waals surface area contributed by atoms with E-state index >= 15 is 4.39 Å². The summed E-state index contributed by atoms with van der Waals surface area (Å²) in [5.41, 5.74) is 0.610. The van der Waals surface area contributed by atoms with Gasteiger partial charge in [-0.25, -0.2) is 4.39 Å². The SMILES string of the molecule is Cc1ccccc1C(C)(F)C1CCCCCN1. The maximum Gasteiger partial charge on any atom is 0.148 e. The lowest BCUT2D eigenvalue weighted by molar-refractivity contribution is 0.122. The molecule has 1 aliphatic rings. The number of nitrogens with one attached hydrogen (secondary N) is 1. The Morgan fingerprint density at radius 1 is 1.24 bits per heavy atom. The molecule has 0 amide bonds. The molecule has 1 aliphatic heterocycles. The minimum atomic E-state index is -1.27. The van der Waals surface area contributed by atoms with Gasteiger partial charge in [-0.3, -0.25) is 0 Å². The molecule has 1 aromatic carbocycles. The summed E-state index contributed by atoms with van der Waals surface area (Å²) in [6.45, 7) is 4.65. The molecule has 0 radical (unpaired) electrons. The number of aryl methyl sites for hydroxylation is 1. The highest BCUT2D eigenvalue weighted by molar-refractivity contribution is 5.32. The number of rotatable bonds is 2. The van der Waals surface area contributed by atoms with Gasteiger partial charge in [-0.05, 0) is 44.4 Å². The quantitative estimate of drug-likeness (QED) is 0.824. The molecule has 0 aliphatic carbocycles. The van der Waals surface area contributed by atoms with Gasteiger partial charge in [0, 0.05) is 6.04 Å². The van der Waals surface area contributed by atoms with Crippen LogP contribution in [0, 0.1) is 6.92 Å². The summed E-state index contributed by atoms with van der Waals surface area (Å²) in [5, 5.41) is 3.37. The van der Waals surface area contributed by atoms with E-state index in [-0.39, 0.29) is 6.04 Å². The average molecular weight is 235 g/mol. The molecule has 0 bridgehead atoms. The molecule has 94 valence electrons. The fourth-order valence-electron chi connectivity index (χ4n) is 2.80. The number of hydrogen-bond acceptors (Lipinski definition) is 1. The number of alkyl halides is 1. The first-order valence-corrected chi connectivity index (χ1v) is 6.61. The molecule has 1 nitrogen and oxygen atoms in total. The molecule has 1 N–H and O–H groups in total. The maximum atomic E-state index is 15.1. The largest absolute Gasteiger partial charge is 0.311 e. The third kappa shape index (κ3) is 2.68. The van der Waals surface area contributed by atoms with Crippen LogP contribution in [0.5, 0.6) is 0 Å². The van der Waals surface area contributed by atoms with Crippen molar-refractivity contribution in [2.75, 3.05) is 6.54 Å². The molecule has 2 rings (SSSR count). The summed E-state index contributed by atoms with van der Waals surface area (Å²) in [5.74, 6) is 0. The number of halogens is 1. The molecule has 2 atom stereocenters. The Morgan fingerprint density at radius 2 is 2.00 bits per heavy atom. The molecule has 17 heavy (non-hydrogen) atoms. The molecule has 2 unspecified atom stereocenters. The summed E-state index contributed by atoms with van der Waals surface area (Å²) >= 11 is 0. The molecule has 1 fully saturated rings. The van der Waals surface area contributed by atoms with E-state index in [0.717, 1.165) is 30.5 Å². The van der Waals surface area contributed by atoms with Crippen molar-refractivity contribution in [2.24, 2.45) is 0 Å². The van der Waals surface area contributed by atoms with E-state index < -0.39 is 5.67 Å². The molecule has 0 spiro atoms. The van der Waals surface area contributed by atoms with E-state index in [1.54, 1.807) is 6.92 Å². The highest BCUT2D eigenvalue weighted by atomic mass is 19.1. The van der Waals surface area contributed by atoms with Gasteiger partial charge in [-0.15, -0.1) is 0 Å². The van der Waals surface area contributed by atoms with Gasteiger partial charge in [0.15, 0.2) is 0 Å². The standard InChI is InChI=1S/C15H22FN/c1-12-8-5-6-9-13(12)15(2,16)14-10-4-3-7-11-17-14/h5-6,8-9,14,17H,3-4,7,10-11H2,1-2H3. The van der Waals surface area contributed by atoms with Crippen LogP contribution in [-0.2, 0) is 5.67 Å². The van der Waals surface area contributed by atoms with E-state index in [1.807, 2.05) is 31.2 Å². The second-order valence-electron chi connectivity index (χ2n) is 5.25. The topological polar surface area (TPSA) is 12.0 Å².